The zero-order chi connectivity index (χ0) is 18.0. The van der Waals surface area contributed by atoms with Gasteiger partial charge in [0.15, 0.2) is 10.8 Å². The number of aromatic nitrogens is 1. The number of morpholine rings is 1. The van der Waals surface area contributed by atoms with Crippen molar-refractivity contribution in [3.8, 4) is 0 Å². The van der Waals surface area contributed by atoms with Crippen molar-refractivity contribution in [1.29, 1.82) is 0 Å². The SMILES string of the molecule is CN(C(=O)N1CCOCC1)C1CCN(c2nc(C(F)(F)F)cs2)CC1. The van der Waals surface area contributed by atoms with Crippen molar-refractivity contribution in [2.75, 3.05) is 51.3 Å². The van der Waals surface area contributed by atoms with Crippen molar-refractivity contribution in [2.24, 2.45) is 0 Å². The van der Waals surface area contributed by atoms with Gasteiger partial charge in [-0.2, -0.15) is 13.2 Å². The number of alkyl halides is 3. The fourth-order valence-corrected chi connectivity index (χ4v) is 4.00. The Bertz CT molecular complexity index is 596. The topological polar surface area (TPSA) is 48.9 Å². The van der Waals surface area contributed by atoms with Gasteiger partial charge in [0.1, 0.15) is 0 Å². The molecule has 3 rings (SSSR count). The Morgan fingerprint density at radius 2 is 1.92 bits per heavy atom. The van der Waals surface area contributed by atoms with Gasteiger partial charge >= 0.3 is 12.2 Å². The van der Waals surface area contributed by atoms with Gasteiger partial charge < -0.3 is 19.4 Å². The first kappa shape index (κ1) is 18.2. The maximum Gasteiger partial charge on any atom is 0.434 e. The second-order valence-electron chi connectivity index (χ2n) is 6.22. The summed E-state index contributed by atoms with van der Waals surface area (Å²) in [7, 11) is 1.79. The highest BCUT2D eigenvalue weighted by molar-refractivity contribution is 7.13. The van der Waals surface area contributed by atoms with Gasteiger partial charge in [-0.1, -0.05) is 0 Å². The zero-order valence-corrected chi connectivity index (χ0v) is 14.8. The summed E-state index contributed by atoms with van der Waals surface area (Å²) in [6.07, 6.45) is -2.97. The lowest BCUT2D eigenvalue weighted by atomic mass is 10.0. The zero-order valence-electron chi connectivity index (χ0n) is 14.0. The molecule has 140 valence electrons. The van der Waals surface area contributed by atoms with Crippen LogP contribution in [0.2, 0.25) is 0 Å². The smallest absolute Gasteiger partial charge is 0.378 e. The number of anilines is 1. The quantitative estimate of drug-likeness (QED) is 0.794. The fraction of sp³-hybridized carbons (Fsp3) is 0.733. The first-order valence-corrected chi connectivity index (χ1v) is 9.11. The molecule has 0 aliphatic carbocycles. The van der Waals surface area contributed by atoms with Gasteiger partial charge in [0, 0.05) is 44.6 Å². The summed E-state index contributed by atoms with van der Waals surface area (Å²) in [6, 6.07) is 0.0870. The fourth-order valence-electron chi connectivity index (χ4n) is 3.12. The van der Waals surface area contributed by atoms with Gasteiger partial charge in [-0.05, 0) is 12.8 Å². The van der Waals surface area contributed by atoms with E-state index in [-0.39, 0.29) is 12.1 Å². The van der Waals surface area contributed by atoms with Crippen molar-refractivity contribution < 1.29 is 22.7 Å². The van der Waals surface area contributed by atoms with E-state index in [0.717, 1.165) is 16.7 Å². The lowest BCUT2D eigenvalue weighted by Crippen LogP contribution is -2.52. The van der Waals surface area contributed by atoms with E-state index >= 15 is 0 Å². The third-order valence-corrected chi connectivity index (χ3v) is 5.55. The predicted octanol–water partition coefficient (Wildman–Crippen LogP) is 2.51. The Labute approximate surface area is 148 Å². The second kappa shape index (κ2) is 7.36. The number of thiazole rings is 1. The molecule has 0 saturated carbocycles. The molecule has 2 aliphatic rings. The monoisotopic (exact) mass is 378 g/mol. The predicted molar refractivity (Wildman–Crippen MR) is 87.9 cm³/mol. The minimum absolute atomic E-state index is 0.00430. The summed E-state index contributed by atoms with van der Waals surface area (Å²) < 4.78 is 43.3. The van der Waals surface area contributed by atoms with Gasteiger partial charge in [0.25, 0.3) is 0 Å². The van der Waals surface area contributed by atoms with Crippen molar-refractivity contribution >= 4 is 22.5 Å². The number of urea groups is 1. The number of nitrogens with zero attached hydrogens (tertiary/aromatic N) is 4. The summed E-state index contributed by atoms with van der Waals surface area (Å²) in [5.41, 5.74) is -0.839. The second-order valence-corrected chi connectivity index (χ2v) is 7.06. The van der Waals surface area contributed by atoms with Crippen molar-refractivity contribution in [1.82, 2.24) is 14.8 Å². The molecule has 2 aliphatic heterocycles. The summed E-state index contributed by atoms with van der Waals surface area (Å²) in [5, 5.41) is 1.45. The Morgan fingerprint density at radius 3 is 2.48 bits per heavy atom. The van der Waals surface area contributed by atoms with E-state index in [9.17, 15) is 18.0 Å². The third kappa shape index (κ3) is 4.17. The maximum atomic E-state index is 12.7. The van der Waals surface area contributed by atoms with Crippen molar-refractivity contribution in [3.05, 3.63) is 11.1 Å². The van der Waals surface area contributed by atoms with Crippen LogP contribution in [0.5, 0.6) is 0 Å². The van der Waals surface area contributed by atoms with Gasteiger partial charge in [0.2, 0.25) is 0 Å². The van der Waals surface area contributed by atoms with Gasteiger partial charge in [0.05, 0.1) is 13.2 Å². The third-order valence-electron chi connectivity index (χ3n) is 4.65. The van der Waals surface area contributed by atoms with E-state index in [0.29, 0.717) is 57.4 Å². The molecule has 0 aromatic carbocycles. The Hall–Kier alpha value is -1.55. The molecule has 6 nitrogen and oxygen atoms in total. The number of amides is 2. The summed E-state index contributed by atoms with van der Waals surface area (Å²) in [5.74, 6) is 0. The summed E-state index contributed by atoms with van der Waals surface area (Å²) in [6.45, 7) is 3.50. The first-order chi connectivity index (χ1) is 11.9. The molecule has 0 N–H and O–H groups in total. The van der Waals surface area contributed by atoms with Crippen LogP contribution in [0, 0.1) is 0 Å². The van der Waals surface area contributed by atoms with Gasteiger partial charge in [-0.3, -0.25) is 0 Å². The molecule has 0 radical (unpaired) electrons. The summed E-state index contributed by atoms with van der Waals surface area (Å²) >= 11 is 1.01. The molecule has 2 fully saturated rings. The van der Waals surface area contributed by atoms with Crippen LogP contribution in [0.25, 0.3) is 0 Å². The van der Waals surface area contributed by atoms with E-state index in [4.69, 9.17) is 4.74 Å². The van der Waals surface area contributed by atoms with Crippen LogP contribution in [0.1, 0.15) is 18.5 Å². The molecule has 0 spiro atoms. The number of halogens is 3. The average molecular weight is 378 g/mol. The van der Waals surface area contributed by atoms with Crippen molar-refractivity contribution in [2.45, 2.75) is 25.1 Å². The maximum absolute atomic E-state index is 12.7. The highest BCUT2D eigenvalue weighted by Gasteiger charge is 2.35. The highest BCUT2D eigenvalue weighted by atomic mass is 32.1. The van der Waals surface area contributed by atoms with E-state index in [2.05, 4.69) is 4.98 Å². The number of piperidine rings is 1. The normalized spacial score (nSPS) is 20.0. The molecule has 0 unspecified atom stereocenters. The van der Waals surface area contributed by atoms with Crippen LogP contribution in [-0.4, -0.2) is 73.3 Å². The van der Waals surface area contributed by atoms with Gasteiger partial charge in [-0.25, -0.2) is 9.78 Å². The highest BCUT2D eigenvalue weighted by Crippen LogP contribution is 2.34. The van der Waals surface area contributed by atoms with Crippen LogP contribution in [-0.2, 0) is 10.9 Å². The molecule has 10 heteroatoms. The Kier molecular flexibility index (Phi) is 5.38. The van der Waals surface area contributed by atoms with Crippen molar-refractivity contribution in [3.63, 3.8) is 0 Å². The van der Waals surface area contributed by atoms with Gasteiger partial charge in [-0.15, -0.1) is 11.3 Å². The first-order valence-electron chi connectivity index (χ1n) is 8.23. The number of rotatable bonds is 2. The molecular formula is C15H21F3N4O2S. The Balaban J connectivity index is 1.54. The van der Waals surface area contributed by atoms with Crippen LogP contribution >= 0.6 is 11.3 Å². The number of carbonyl (C=O) groups is 1. The lowest BCUT2D eigenvalue weighted by molar-refractivity contribution is -0.140. The molecule has 0 atom stereocenters. The van der Waals surface area contributed by atoms with Crippen LogP contribution in [0.4, 0.5) is 23.1 Å². The standard InChI is InChI=1S/C15H21F3N4O2S/c1-20(14(23)22-6-8-24-9-7-22)11-2-4-21(5-3-11)13-19-12(10-25-13)15(16,17)18/h10-11H,2-9H2,1H3. The molecule has 25 heavy (non-hydrogen) atoms. The molecule has 1 aromatic heterocycles. The Morgan fingerprint density at radius 1 is 1.28 bits per heavy atom. The number of carbonyl (C=O) groups excluding carboxylic acids is 1. The molecule has 3 heterocycles. The number of hydrogen-bond donors (Lipinski definition) is 0. The van der Waals surface area contributed by atoms with E-state index in [1.165, 1.54) is 0 Å². The van der Waals surface area contributed by atoms with Crippen LogP contribution < -0.4 is 4.90 Å². The molecular weight excluding hydrogens is 357 g/mol. The molecule has 2 saturated heterocycles. The van der Waals surface area contributed by atoms with E-state index in [1.54, 1.807) is 16.8 Å². The van der Waals surface area contributed by atoms with E-state index in [1.807, 2.05) is 4.90 Å². The minimum Gasteiger partial charge on any atom is -0.378 e. The molecule has 2 amide bonds. The van der Waals surface area contributed by atoms with Crippen LogP contribution in [0.15, 0.2) is 5.38 Å². The number of hydrogen-bond acceptors (Lipinski definition) is 5. The minimum atomic E-state index is -4.40. The largest absolute Gasteiger partial charge is 0.434 e. The lowest BCUT2D eigenvalue weighted by Gasteiger charge is -2.39. The average Bonchev–Trinajstić information content (AvgIpc) is 3.12. The summed E-state index contributed by atoms with van der Waals surface area (Å²) in [4.78, 5) is 21.6. The molecule has 1 aromatic rings. The number of ether oxygens (including phenoxy) is 1. The van der Waals surface area contributed by atoms with Crippen LogP contribution in [0.3, 0.4) is 0 Å². The van der Waals surface area contributed by atoms with E-state index < -0.39 is 11.9 Å². The molecule has 0 bridgehead atoms.